The molecule has 2 aliphatic rings. The van der Waals surface area contributed by atoms with Gasteiger partial charge in [-0.2, -0.15) is 0 Å². The fourth-order valence-corrected chi connectivity index (χ4v) is 5.56. The van der Waals surface area contributed by atoms with Gasteiger partial charge in [0.2, 0.25) is 0 Å². The molecule has 8 nitrogen and oxygen atoms in total. The lowest BCUT2D eigenvalue weighted by atomic mass is 9.90. The Morgan fingerprint density at radius 1 is 1.14 bits per heavy atom. The molecule has 2 aromatic heterocycles. The summed E-state index contributed by atoms with van der Waals surface area (Å²) in [5.41, 5.74) is 1.67. The Morgan fingerprint density at radius 3 is 2.53 bits per heavy atom. The number of aromatic hydroxyl groups is 1. The minimum atomic E-state index is -0.512. The largest absolute Gasteiger partial charge is 0.507 e. The lowest BCUT2D eigenvalue weighted by Gasteiger charge is -2.41. The van der Waals surface area contributed by atoms with Crippen molar-refractivity contribution in [2.24, 2.45) is 0 Å². The van der Waals surface area contributed by atoms with Gasteiger partial charge in [0, 0.05) is 30.9 Å². The number of ether oxygens (including phenoxy) is 1. The molecule has 1 saturated carbocycles. The first-order valence-corrected chi connectivity index (χ1v) is 13.4. The molecule has 3 heterocycles. The maximum Gasteiger partial charge on any atom is 0.410 e. The number of anilines is 1. The molecule has 5 rings (SSSR count). The van der Waals surface area contributed by atoms with Crippen LogP contribution in [0.5, 0.6) is 5.75 Å². The molecule has 1 aromatic carbocycles. The van der Waals surface area contributed by atoms with Gasteiger partial charge in [-0.1, -0.05) is 6.07 Å². The maximum atomic E-state index is 13.0. The Bertz CT molecular complexity index is 1230. The van der Waals surface area contributed by atoms with Crippen LogP contribution in [0.3, 0.4) is 0 Å². The first kappa shape index (κ1) is 24.5. The Balaban J connectivity index is 1.28. The minimum absolute atomic E-state index is 0.0959. The molecule has 1 aliphatic carbocycles. The zero-order valence-electron chi connectivity index (χ0n) is 21.3. The van der Waals surface area contributed by atoms with Crippen molar-refractivity contribution in [1.29, 1.82) is 0 Å². The molecule has 1 saturated heterocycles. The van der Waals surface area contributed by atoms with Crippen LogP contribution in [-0.4, -0.2) is 62.1 Å². The van der Waals surface area contributed by atoms with Crippen LogP contribution < -0.4 is 4.90 Å². The Morgan fingerprint density at radius 2 is 1.94 bits per heavy atom. The molecule has 0 radical (unpaired) electrons. The molecular formula is C27H33N5O3S. The molecule has 9 heteroatoms. The van der Waals surface area contributed by atoms with E-state index in [1.807, 2.05) is 63.1 Å². The zero-order valence-corrected chi connectivity index (χ0v) is 22.1. The van der Waals surface area contributed by atoms with E-state index in [1.54, 1.807) is 17.4 Å². The van der Waals surface area contributed by atoms with Gasteiger partial charge in [-0.15, -0.1) is 21.5 Å². The van der Waals surface area contributed by atoms with Gasteiger partial charge in [-0.25, -0.2) is 9.78 Å². The predicted octanol–water partition coefficient (Wildman–Crippen LogP) is 5.65. The number of benzene rings is 1. The number of nitrogens with zero attached hydrogens (tertiary/aromatic N) is 5. The third kappa shape index (κ3) is 5.16. The summed E-state index contributed by atoms with van der Waals surface area (Å²) in [6, 6.07) is 9.76. The summed E-state index contributed by atoms with van der Waals surface area (Å²) in [7, 11) is 0. The van der Waals surface area contributed by atoms with Crippen molar-refractivity contribution in [1.82, 2.24) is 20.1 Å². The first-order chi connectivity index (χ1) is 17.2. The van der Waals surface area contributed by atoms with Crippen LogP contribution >= 0.6 is 11.3 Å². The van der Waals surface area contributed by atoms with E-state index < -0.39 is 5.60 Å². The molecular weight excluding hydrogens is 474 g/mol. The smallest absolute Gasteiger partial charge is 0.410 e. The highest BCUT2D eigenvalue weighted by Crippen LogP contribution is 2.35. The summed E-state index contributed by atoms with van der Waals surface area (Å²) in [5.74, 6) is 0.936. The number of amides is 1. The van der Waals surface area contributed by atoms with Gasteiger partial charge in [0.15, 0.2) is 5.82 Å². The van der Waals surface area contributed by atoms with Crippen molar-refractivity contribution in [3.05, 3.63) is 41.5 Å². The summed E-state index contributed by atoms with van der Waals surface area (Å²) in [4.78, 5) is 22.5. The molecule has 1 atom stereocenters. The highest BCUT2D eigenvalue weighted by atomic mass is 32.1. The fraction of sp³-hybridized carbons (Fsp3) is 0.481. The van der Waals surface area contributed by atoms with Crippen LogP contribution in [0.15, 0.2) is 36.5 Å². The van der Waals surface area contributed by atoms with E-state index in [0.29, 0.717) is 17.8 Å². The van der Waals surface area contributed by atoms with E-state index in [-0.39, 0.29) is 23.9 Å². The van der Waals surface area contributed by atoms with Crippen LogP contribution in [0.2, 0.25) is 0 Å². The van der Waals surface area contributed by atoms with Crippen LogP contribution in [0, 0.1) is 6.92 Å². The fourth-order valence-electron chi connectivity index (χ4n) is 4.79. The second-order valence-electron chi connectivity index (χ2n) is 10.6. The lowest BCUT2D eigenvalue weighted by Crippen LogP contribution is -2.52. The number of thiazole rings is 1. The predicted molar refractivity (Wildman–Crippen MR) is 141 cm³/mol. The van der Waals surface area contributed by atoms with Gasteiger partial charge in [-0.3, -0.25) is 0 Å². The number of aromatic nitrogens is 3. The molecule has 0 spiro atoms. The zero-order chi connectivity index (χ0) is 25.4. The van der Waals surface area contributed by atoms with Crippen molar-refractivity contribution < 1.29 is 14.6 Å². The van der Waals surface area contributed by atoms with Crippen LogP contribution in [0.1, 0.15) is 51.5 Å². The van der Waals surface area contributed by atoms with Gasteiger partial charge in [0.25, 0.3) is 0 Å². The number of carbonyl (C=O) groups is 1. The normalized spacial score (nSPS) is 18.2. The SMILES string of the molecule is Cc1ncc(-c2ccc(-c3ccc(N4CC[C@H](N(C(=O)OC(C)(C)C)C5CCC5)C4)nn3)c(O)c2)s1. The third-order valence-electron chi connectivity index (χ3n) is 6.78. The molecule has 1 aliphatic heterocycles. The van der Waals surface area contributed by atoms with E-state index in [4.69, 9.17) is 4.74 Å². The summed E-state index contributed by atoms with van der Waals surface area (Å²) >= 11 is 1.59. The maximum absolute atomic E-state index is 13.0. The number of phenols is 1. The summed E-state index contributed by atoms with van der Waals surface area (Å²) < 4.78 is 5.74. The van der Waals surface area contributed by atoms with E-state index in [0.717, 1.165) is 53.5 Å². The van der Waals surface area contributed by atoms with Gasteiger partial charge in [0.05, 0.1) is 21.6 Å². The molecule has 1 amide bonds. The topological polar surface area (TPSA) is 91.7 Å². The van der Waals surface area contributed by atoms with E-state index in [9.17, 15) is 9.90 Å². The Hall–Kier alpha value is -3.20. The highest BCUT2D eigenvalue weighted by Gasteiger charge is 2.40. The summed E-state index contributed by atoms with van der Waals surface area (Å²) in [5, 5.41) is 20.5. The third-order valence-corrected chi connectivity index (χ3v) is 7.74. The van der Waals surface area contributed by atoms with Crippen molar-refractivity contribution in [3.63, 3.8) is 0 Å². The van der Waals surface area contributed by atoms with E-state index in [2.05, 4.69) is 20.1 Å². The standard InChI is InChI=1S/C27H33N5O3S/c1-17-28-15-24(36-17)18-8-9-21(23(33)14-18)22-10-11-25(30-29-22)31-13-12-20(16-31)32(19-6-5-7-19)26(34)35-27(2,3)4/h8-11,14-15,19-20,33H,5-7,12-13,16H2,1-4H3/t20-/m0/s1. The molecule has 0 unspecified atom stereocenters. The molecule has 1 N–H and O–H groups in total. The number of hydrogen-bond acceptors (Lipinski definition) is 8. The highest BCUT2D eigenvalue weighted by molar-refractivity contribution is 7.15. The molecule has 190 valence electrons. The quantitative estimate of drug-likeness (QED) is 0.477. The molecule has 0 bridgehead atoms. The van der Waals surface area contributed by atoms with Crippen molar-refractivity contribution in [2.45, 2.75) is 71.1 Å². The van der Waals surface area contributed by atoms with Crippen molar-refractivity contribution >= 4 is 23.2 Å². The Kier molecular flexibility index (Phi) is 6.59. The molecule has 36 heavy (non-hydrogen) atoms. The van der Waals surface area contributed by atoms with Crippen molar-refractivity contribution in [2.75, 3.05) is 18.0 Å². The average molecular weight is 508 g/mol. The number of aryl methyl sites for hydroxylation is 1. The van der Waals surface area contributed by atoms with Crippen molar-refractivity contribution in [3.8, 4) is 27.4 Å². The van der Waals surface area contributed by atoms with Gasteiger partial charge in [0.1, 0.15) is 11.4 Å². The summed E-state index contributed by atoms with van der Waals surface area (Å²) in [6.07, 6.45) is 5.71. The monoisotopic (exact) mass is 507 g/mol. The van der Waals surface area contributed by atoms with Crippen LogP contribution in [0.25, 0.3) is 21.7 Å². The molecule has 2 fully saturated rings. The molecule has 3 aromatic rings. The number of rotatable bonds is 5. The van der Waals surface area contributed by atoms with E-state index >= 15 is 0 Å². The van der Waals surface area contributed by atoms with E-state index in [1.165, 1.54) is 0 Å². The average Bonchev–Trinajstić information content (AvgIpc) is 3.44. The first-order valence-electron chi connectivity index (χ1n) is 12.5. The number of carbonyl (C=O) groups excluding carboxylic acids is 1. The van der Waals surface area contributed by atoms with Crippen LogP contribution in [-0.2, 0) is 4.74 Å². The second kappa shape index (κ2) is 9.69. The van der Waals surface area contributed by atoms with Crippen LogP contribution in [0.4, 0.5) is 10.6 Å². The number of hydrogen-bond donors (Lipinski definition) is 1. The van der Waals surface area contributed by atoms with Gasteiger partial charge >= 0.3 is 6.09 Å². The minimum Gasteiger partial charge on any atom is -0.507 e. The Labute approximate surface area is 215 Å². The second-order valence-corrected chi connectivity index (χ2v) is 11.8. The van der Waals surface area contributed by atoms with Gasteiger partial charge < -0.3 is 19.6 Å². The lowest BCUT2D eigenvalue weighted by molar-refractivity contribution is -0.00351. The van der Waals surface area contributed by atoms with Gasteiger partial charge in [-0.05, 0) is 83.2 Å². The summed E-state index contributed by atoms with van der Waals surface area (Å²) in [6.45, 7) is 9.20. The number of phenolic OH excluding ortho intramolecular Hbond substituents is 1.